The molecule has 6 nitrogen and oxygen atoms in total. The van der Waals surface area contributed by atoms with Crippen molar-refractivity contribution in [3.05, 3.63) is 186 Å². The molecule has 0 saturated heterocycles. The molecular formula is C46H24N2O4. The molecule has 52 heavy (non-hydrogen) atoms. The molecule has 0 aliphatic heterocycles. The van der Waals surface area contributed by atoms with E-state index in [0.29, 0.717) is 54.1 Å². The molecule has 0 radical (unpaired) electrons. The van der Waals surface area contributed by atoms with Crippen LogP contribution in [0, 0.1) is 0 Å². The second-order valence-corrected chi connectivity index (χ2v) is 13.4. The monoisotopic (exact) mass is 668 g/mol. The van der Waals surface area contributed by atoms with Crippen molar-refractivity contribution in [2.75, 3.05) is 0 Å². The molecule has 7 aromatic carbocycles. The van der Waals surface area contributed by atoms with Crippen LogP contribution in [0.3, 0.4) is 0 Å². The Balaban J connectivity index is 1.18. The van der Waals surface area contributed by atoms with Crippen molar-refractivity contribution < 1.29 is 0 Å². The fraction of sp³-hybridized carbons (Fsp3) is 0. The summed E-state index contributed by atoms with van der Waals surface area (Å²) in [6.45, 7) is 0. The molecule has 0 atom stereocenters. The number of hydrogen-bond acceptors (Lipinski definition) is 4. The summed E-state index contributed by atoms with van der Waals surface area (Å²) in [4.78, 5) is 55.4. The lowest BCUT2D eigenvalue weighted by Crippen LogP contribution is -2.14. The van der Waals surface area contributed by atoms with Gasteiger partial charge in [0.1, 0.15) is 0 Å². The molecule has 0 N–H and O–H groups in total. The smallest absolute Gasteiger partial charge is 0.197 e. The largest absolute Gasteiger partial charge is 0.308 e. The second-order valence-electron chi connectivity index (χ2n) is 13.4. The van der Waals surface area contributed by atoms with E-state index in [1.165, 1.54) is 0 Å². The average Bonchev–Trinajstić information content (AvgIpc) is 3.20. The van der Waals surface area contributed by atoms with E-state index in [-0.39, 0.29) is 21.7 Å². The molecule has 0 spiro atoms. The number of benzene rings is 7. The number of pyridine rings is 4. The van der Waals surface area contributed by atoms with Crippen LogP contribution in [0.4, 0.5) is 0 Å². The third kappa shape index (κ3) is 3.62. The minimum Gasteiger partial charge on any atom is -0.308 e. The molecule has 11 rings (SSSR count). The summed E-state index contributed by atoms with van der Waals surface area (Å²) in [6.07, 6.45) is 0. The van der Waals surface area contributed by atoms with E-state index in [0.717, 1.165) is 44.3 Å². The molecule has 0 aliphatic rings. The Morgan fingerprint density at radius 3 is 1.04 bits per heavy atom. The fourth-order valence-electron chi connectivity index (χ4n) is 8.49. The molecular weight excluding hydrogens is 645 g/mol. The van der Waals surface area contributed by atoms with Gasteiger partial charge in [-0.3, -0.25) is 19.2 Å². The van der Waals surface area contributed by atoms with Gasteiger partial charge in [0, 0.05) is 43.1 Å². The second kappa shape index (κ2) is 10.2. The first-order chi connectivity index (χ1) is 25.5. The molecule has 0 amide bonds. The van der Waals surface area contributed by atoms with Gasteiger partial charge < -0.3 is 8.80 Å². The highest BCUT2D eigenvalue weighted by molar-refractivity contribution is 6.10. The highest BCUT2D eigenvalue weighted by Gasteiger charge is 2.20. The van der Waals surface area contributed by atoms with Crippen LogP contribution in [-0.2, 0) is 0 Å². The van der Waals surface area contributed by atoms with Gasteiger partial charge in [0.2, 0.25) is 0 Å². The van der Waals surface area contributed by atoms with E-state index in [4.69, 9.17) is 0 Å². The van der Waals surface area contributed by atoms with Crippen LogP contribution < -0.4 is 21.7 Å². The zero-order valence-electron chi connectivity index (χ0n) is 27.4. The predicted molar refractivity (Wildman–Crippen MR) is 212 cm³/mol. The molecule has 6 heteroatoms. The predicted octanol–water partition coefficient (Wildman–Crippen LogP) is 8.76. The molecule has 4 heterocycles. The van der Waals surface area contributed by atoms with E-state index < -0.39 is 0 Å². The summed E-state index contributed by atoms with van der Waals surface area (Å²) in [6, 6.07) is 45.6. The normalized spacial score (nSPS) is 12.2. The van der Waals surface area contributed by atoms with Crippen LogP contribution in [0.1, 0.15) is 0 Å². The van der Waals surface area contributed by atoms with E-state index in [9.17, 15) is 19.2 Å². The maximum atomic E-state index is 14.2. The van der Waals surface area contributed by atoms with Crippen LogP contribution in [0.15, 0.2) is 165 Å². The lowest BCUT2D eigenvalue weighted by molar-refractivity contribution is 1.31. The Morgan fingerprint density at radius 2 is 0.615 bits per heavy atom. The summed E-state index contributed by atoms with van der Waals surface area (Å²) < 4.78 is 4.08. The maximum absolute atomic E-state index is 14.2. The molecule has 0 bridgehead atoms. The van der Waals surface area contributed by atoms with E-state index in [1.807, 2.05) is 118 Å². The van der Waals surface area contributed by atoms with Gasteiger partial charge in [0.15, 0.2) is 21.7 Å². The summed E-state index contributed by atoms with van der Waals surface area (Å²) >= 11 is 0. The van der Waals surface area contributed by atoms with E-state index in [2.05, 4.69) is 0 Å². The third-order valence-electron chi connectivity index (χ3n) is 10.8. The Kier molecular flexibility index (Phi) is 5.61. The fourth-order valence-corrected chi connectivity index (χ4v) is 8.49. The summed E-state index contributed by atoms with van der Waals surface area (Å²) in [5, 5.41) is 4.33. The Hall–Kier alpha value is -7.18. The van der Waals surface area contributed by atoms with Crippen molar-refractivity contribution in [1.29, 1.82) is 0 Å². The lowest BCUT2D eigenvalue weighted by Gasteiger charge is -2.17. The first-order valence-electron chi connectivity index (χ1n) is 17.1. The van der Waals surface area contributed by atoms with Gasteiger partial charge in [-0.05, 0) is 95.1 Å². The lowest BCUT2D eigenvalue weighted by atomic mass is 9.92. The SMILES string of the molecule is O=c1c2ccccc2n2c3ccc(-c4ccccc4-c4ccc5c(c4)c(=O)c4cccc6c(=O)c7ccccc7n5c64)cc3c(=O)c3cccc1c32. The first kappa shape index (κ1) is 28.6. The van der Waals surface area contributed by atoms with Crippen molar-refractivity contribution in [3.8, 4) is 22.3 Å². The van der Waals surface area contributed by atoms with Gasteiger partial charge in [-0.2, -0.15) is 0 Å². The Morgan fingerprint density at radius 1 is 0.288 bits per heavy atom. The van der Waals surface area contributed by atoms with Gasteiger partial charge in [-0.15, -0.1) is 0 Å². The summed E-state index contributed by atoms with van der Waals surface area (Å²) in [5.41, 5.74) is 7.30. The molecule has 242 valence electrons. The van der Waals surface area contributed by atoms with Crippen LogP contribution in [0.2, 0.25) is 0 Å². The number of fused-ring (bicyclic) bond motifs is 8. The highest BCUT2D eigenvalue weighted by atomic mass is 16.1. The topological polar surface area (TPSA) is 77.1 Å². The van der Waals surface area contributed by atoms with Gasteiger partial charge in [0.05, 0.1) is 33.1 Å². The molecule has 0 fully saturated rings. The number of hydrogen-bond donors (Lipinski definition) is 0. The number of aromatic nitrogens is 2. The molecule has 0 aliphatic carbocycles. The molecule has 0 unspecified atom stereocenters. The summed E-state index contributed by atoms with van der Waals surface area (Å²) in [5.74, 6) is 0. The maximum Gasteiger partial charge on any atom is 0.197 e. The molecule has 4 aromatic heterocycles. The Bertz CT molecular complexity index is 3380. The van der Waals surface area contributed by atoms with Crippen molar-refractivity contribution in [3.63, 3.8) is 0 Å². The number of rotatable bonds is 2. The van der Waals surface area contributed by atoms with Crippen molar-refractivity contribution in [2.45, 2.75) is 0 Å². The zero-order chi connectivity index (χ0) is 34.8. The zero-order valence-corrected chi connectivity index (χ0v) is 27.4. The van der Waals surface area contributed by atoms with Crippen molar-refractivity contribution in [1.82, 2.24) is 8.80 Å². The highest BCUT2D eigenvalue weighted by Crippen LogP contribution is 2.36. The van der Waals surface area contributed by atoms with Crippen LogP contribution in [0.25, 0.3) is 98.4 Å². The van der Waals surface area contributed by atoms with E-state index >= 15 is 0 Å². The van der Waals surface area contributed by atoms with Crippen molar-refractivity contribution in [2.24, 2.45) is 0 Å². The van der Waals surface area contributed by atoms with E-state index in [1.54, 1.807) is 36.4 Å². The van der Waals surface area contributed by atoms with Crippen LogP contribution in [0.5, 0.6) is 0 Å². The first-order valence-corrected chi connectivity index (χ1v) is 17.1. The standard InChI is InChI=1S/C46H24N2O4/c49-43-29-11-3-5-17-37(29)47-39-21-19-25(23-35(39)45(51)33-15-7-13-31(43)41(33)47)27-9-1-2-10-28(27)26-20-22-40-36(24-26)46(52)34-16-8-14-32-42(34)48(40)38-18-6-4-12-30(38)44(32)50/h1-24H. The average molecular weight is 669 g/mol. The minimum absolute atomic E-state index is 0.0871. The van der Waals surface area contributed by atoms with Crippen molar-refractivity contribution >= 4 is 76.2 Å². The summed E-state index contributed by atoms with van der Waals surface area (Å²) in [7, 11) is 0. The molecule has 0 saturated carbocycles. The van der Waals surface area contributed by atoms with Crippen LogP contribution in [-0.4, -0.2) is 8.80 Å². The quantitative estimate of drug-likeness (QED) is 0.136. The van der Waals surface area contributed by atoms with Gasteiger partial charge in [-0.25, -0.2) is 0 Å². The molecule has 11 aromatic rings. The van der Waals surface area contributed by atoms with Gasteiger partial charge >= 0.3 is 0 Å². The van der Waals surface area contributed by atoms with Gasteiger partial charge in [-0.1, -0.05) is 72.8 Å². The number of nitrogens with zero attached hydrogens (tertiary/aromatic N) is 2. The minimum atomic E-state index is -0.132. The third-order valence-corrected chi connectivity index (χ3v) is 10.8. The Labute approximate surface area is 293 Å². The van der Waals surface area contributed by atoms with Gasteiger partial charge in [0.25, 0.3) is 0 Å². The number of para-hydroxylation sites is 4. The van der Waals surface area contributed by atoms with Crippen LogP contribution >= 0.6 is 0 Å².